The van der Waals surface area contributed by atoms with Gasteiger partial charge < -0.3 is 14.8 Å². The lowest BCUT2D eigenvalue weighted by Gasteiger charge is -2.32. The zero-order chi connectivity index (χ0) is 22.1. The number of ether oxygens (including phenoxy) is 2. The summed E-state index contributed by atoms with van der Waals surface area (Å²) < 4.78 is 10.8. The monoisotopic (exact) mass is 440 g/mol. The summed E-state index contributed by atoms with van der Waals surface area (Å²) in [5, 5.41) is 4.38. The van der Waals surface area contributed by atoms with Gasteiger partial charge in [0.25, 0.3) is 0 Å². The predicted octanol–water partition coefficient (Wildman–Crippen LogP) is 4.37. The van der Waals surface area contributed by atoms with E-state index in [1.165, 1.54) is 0 Å². The van der Waals surface area contributed by atoms with E-state index < -0.39 is 0 Å². The first kappa shape index (κ1) is 23.3. The highest BCUT2D eigenvalue weighted by Crippen LogP contribution is 2.26. The van der Waals surface area contributed by atoms with Crippen LogP contribution in [0.2, 0.25) is 0 Å². The molecular formula is C24H32N4O2S. The summed E-state index contributed by atoms with van der Waals surface area (Å²) in [6, 6.07) is 15.8. The molecule has 0 amide bonds. The van der Waals surface area contributed by atoms with E-state index in [4.69, 9.17) is 19.4 Å². The molecule has 2 heterocycles. The van der Waals surface area contributed by atoms with Gasteiger partial charge in [-0.25, -0.2) is 4.98 Å². The first-order valence-corrected chi connectivity index (χ1v) is 11.2. The quantitative estimate of drug-likeness (QED) is 0.555. The van der Waals surface area contributed by atoms with Crippen molar-refractivity contribution in [2.45, 2.75) is 31.2 Å². The van der Waals surface area contributed by atoms with Gasteiger partial charge in [-0.05, 0) is 49.7 Å². The second kappa shape index (κ2) is 11.9. The van der Waals surface area contributed by atoms with Gasteiger partial charge >= 0.3 is 0 Å². The first-order valence-electron chi connectivity index (χ1n) is 10.8. The van der Waals surface area contributed by atoms with Crippen molar-refractivity contribution in [3.63, 3.8) is 0 Å². The van der Waals surface area contributed by atoms with Crippen LogP contribution in [-0.4, -0.2) is 54.8 Å². The number of hydrogen-bond donors (Lipinski definition) is 2. The molecule has 1 aliphatic rings. The number of piperazine rings is 1. The molecule has 0 bridgehead atoms. The average molecular weight is 441 g/mol. The van der Waals surface area contributed by atoms with Crippen LogP contribution in [0.4, 0.5) is 0 Å². The molecule has 6 nitrogen and oxygen atoms in total. The molecule has 4 rings (SSSR count). The molecule has 1 atom stereocenters. The Hall–Kier alpha value is -2.35. The Bertz CT molecular complexity index is 946. The van der Waals surface area contributed by atoms with Gasteiger partial charge in [0.15, 0.2) is 0 Å². The molecular weight excluding hydrogens is 408 g/mol. The molecule has 0 aliphatic carbocycles. The number of methoxy groups -OCH3 is 1. The van der Waals surface area contributed by atoms with Crippen molar-refractivity contribution in [3.05, 3.63) is 54.4 Å². The fraction of sp³-hybridized carbons (Fsp3) is 0.417. The zero-order valence-corrected chi connectivity index (χ0v) is 19.4. The zero-order valence-electron chi connectivity index (χ0n) is 18.5. The number of fused-ring (bicyclic) bond motifs is 1. The van der Waals surface area contributed by atoms with E-state index in [-0.39, 0.29) is 6.04 Å². The highest BCUT2D eigenvalue weighted by atomic mass is 32.1. The Balaban J connectivity index is 0.000000254. The van der Waals surface area contributed by atoms with Crippen molar-refractivity contribution < 1.29 is 9.47 Å². The largest absolute Gasteiger partial charge is 0.497 e. The summed E-state index contributed by atoms with van der Waals surface area (Å²) in [4.78, 5) is 12.9. The molecule has 1 aliphatic heterocycles. The number of rotatable bonds is 6. The van der Waals surface area contributed by atoms with Gasteiger partial charge in [0.05, 0.1) is 30.7 Å². The molecule has 31 heavy (non-hydrogen) atoms. The Kier molecular flexibility index (Phi) is 8.94. The van der Waals surface area contributed by atoms with Crippen LogP contribution >= 0.6 is 12.6 Å². The van der Waals surface area contributed by atoms with Crippen LogP contribution in [0.5, 0.6) is 11.6 Å². The fourth-order valence-electron chi connectivity index (χ4n) is 3.38. The molecule has 0 saturated carbocycles. The normalized spacial score (nSPS) is 15.1. The predicted molar refractivity (Wildman–Crippen MR) is 128 cm³/mol. The van der Waals surface area contributed by atoms with E-state index in [0.717, 1.165) is 60.0 Å². The fourth-order valence-corrected chi connectivity index (χ4v) is 3.52. The maximum Gasteiger partial charge on any atom is 0.224 e. The van der Waals surface area contributed by atoms with Gasteiger partial charge in [-0.3, -0.25) is 4.90 Å². The van der Waals surface area contributed by atoms with Crippen molar-refractivity contribution in [2.75, 3.05) is 39.9 Å². The minimum atomic E-state index is 0.204. The van der Waals surface area contributed by atoms with Crippen LogP contribution in [0.1, 0.15) is 32.1 Å². The van der Waals surface area contributed by atoms with Gasteiger partial charge in [-0.2, -0.15) is 4.98 Å². The van der Waals surface area contributed by atoms with Crippen molar-refractivity contribution in [1.29, 1.82) is 0 Å². The number of hydrogen-bond acceptors (Lipinski definition) is 7. The van der Waals surface area contributed by atoms with E-state index in [1.54, 1.807) is 7.11 Å². The van der Waals surface area contributed by atoms with Crippen molar-refractivity contribution in [2.24, 2.45) is 0 Å². The number of para-hydroxylation sites is 1. The second-order valence-electron chi connectivity index (χ2n) is 7.41. The standard InChI is InChI=1S/C17H24N4O.C7H8OS/c1-3-12-22-17-14-6-4-5-7-15(14)19-16(20-17)13(2)21-10-8-18-9-11-21;1-8-6-2-4-7(9)5-3-6/h4-7,13,18H,3,8-12H2,1-2H3;2-5,9H,1H3. The van der Waals surface area contributed by atoms with Gasteiger partial charge in [-0.1, -0.05) is 19.1 Å². The number of nitrogens with one attached hydrogen (secondary N) is 1. The summed E-state index contributed by atoms with van der Waals surface area (Å²) in [7, 11) is 1.65. The maximum absolute atomic E-state index is 5.86. The molecule has 0 spiro atoms. The molecule has 0 radical (unpaired) electrons. The third-order valence-corrected chi connectivity index (χ3v) is 5.47. The maximum atomic E-state index is 5.86. The minimum absolute atomic E-state index is 0.204. The van der Waals surface area contributed by atoms with E-state index >= 15 is 0 Å². The topological polar surface area (TPSA) is 59.5 Å². The molecule has 3 aromatic rings. The highest BCUT2D eigenvalue weighted by Gasteiger charge is 2.21. The molecule has 1 aromatic heterocycles. The Morgan fingerprint density at radius 3 is 2.45 bits per heavy atom. The number of aromatic nitrogens is 2. The van der Waals surface area contributed by atoms with Gasteiger partial charge in [-0.15, -0.1) is 12.6 Å². The second-order valence-corrected chi connectivity index (χ2v) is 7.93. The lowest BCUT2D eigenvalue weighted by Crippen LogP contribution is -2.44. The Morgan fingerprint density at radius 1 is 1.06 bits per heavy atom. The van der Waals surface area contributed by atoms with Crippen LogP contribution in [-0.2, 0) is 0 Å². The first-order chi connectivity index (χ1) is 15.1. The summed E-state index contributed by atoms with van der Waals surface area (Å²) in [5.74, 6) is 2.43. The third-order valence-electron chi connectivity index (χ3n) is 5.17. The van der Waals surface area contributed by atoms with Crippen molar-refractivity contribution in [3.8, 4) is 11.6 Å². The lowest BCUT2D eigenvalue weighted by molar-refractivity contribution is 0.178. The lowest BCUT2D eigenvalue weighted by atomic mass is 10.2. The van der Waals surface area contributed by atoms with Crippen LogP contribution in [0.25, 0.3) is 10.9 Å². The molecule has 2 aromatic carbocycles. The van der Waals surface area contributed by atoms with Gasteiger partial charge in [0.2, 0.25) is 5.88 Å². The smallest absolute Gasteiger partial charge is 0.224 e. The number of thiol groups is 1. The molecule has 1 unspecified atom stereocenters. The average Bonchev–Trinajstić information content (AvgIpc) is 2.83. The Morgan fingerprint density at radius 2 is 1.77 bits per heavy atom. The van der Waals surface area contributed by atoms with Crippen molar-refractivity contribution >= 4 is 23.5 Å². The Labute approximate surface area is 190 Å². The van der Waals surface area contributed by atoms with Crippen LogP contribution in [0.3, 0.4) is 0 Å². The van der Waals surface area contributed by atoms with Crippen LogP contribution in [0, 0.1) is 0 Å². The summed E-state index contributed by atoms with van der Waals surface area (Å²) in [5.41, 5.74) is 0.959. The van der Waals surface area contributed by atoms with Crippen molar-refractivity contribution in [1.82, 2.24) is 20.2 Å². The van der Waals surface area contributed by atoms with E-state index in [9.17, 15) is 0 Å². The molecule has 1 saturated heterocycles. The van der Waals surface area contributed by atoms with E-state index in [1.807, 2.05) is 48.5 Å². The summed E-state index contributed by atoms with van der Waals surface area (Å²) >= 11 is 4.11. The van der Waals surface area contributed by atoms with E-state index in [2.05, 4.69) is 36.7 Å². The molecule has 1 N–H and O–H groups in total. The van der Waals surface area contributed by atoms with Crippen LogP contribution < -0.4 is 14.8 Å². The van der Waals surface area contributed by atoms with Gasteiger partial charge in [0.1, 0.15) is 11.6 Å². The summed E-state index contributed by atoms with van der Waals surface area (Å²) in [6.07, 6.45) is 0.973. The number of nitrogens with zero attached hydrogens (tertiary/aromatic N) is 3. The van der Waals surface area contributed by atoms with E-state index in [0.29, 0.717) is 12.5 Å². The van der Waals surface area contributed by atoms with Gasteiger partial charge in [0, 0.05) is 31.1 Å². The SMILES string of the molecule is CCCOc1nc(C(C)N2CCNCC2)nc2ccccc12.COc1ccc(S)cc1. The molecule has 166 valence electrons. The molecule has 7 heteroatoms. The molecule has 1 fully saturated rings. The third kappa shape index (κ3) is 6.56. The number of benzene rings is 2. The van der Waals surface area contributed by atoms with Crippen LogP contribution in [0.15, 0.2) is 53.4 Å². The summed E-state index contributed by atoms with van der Waals surface area (Å²) in [6.45, 7) is 9.08. The minimum Gasteiger partial charge on any atom is -0.497 e. The highest BCUT2D eigenvalue weighted by molar-refractivity contribution is 7.80.